The van der Waals surface area contributed by atoms with E-state index < -0.39 is 15.2 Å². The summed E-state index contributed by atoms with van der Waals surface area (Å²) in [4.78, 5) is 2.06. The first-order chi connectivity index (χ1) is 10.0. The standard InChI is InChI=1S/C14H21BrN2O2S2/c1-2-21(18,19)14-10-20-8-7-17(14)13(9-16)11-5-3-4-6-12(11)15/h3-6,13-14H,2,7-10,16H2,1H3. The molecule has 0 saturated carbocycles. The molecule has 1 aliphatic heterocycles. The predicted octanol–water partition coefficient (Wildman–Crippen LogP) is 2.26. The molecule has 0 radical (unpaired) electrons. The van der Waals surface area contributed by atoms with Gasteiger partial charge in [0, 0.05) is 40.9 Å². The van der Waals surface area contributed by atoms with Gasteiger partial charge in [-0.15, -0.1) is 0 Å². The van der Waals surface area contributed by atoms with Crippen LogP contribution in [-0.4, -0.2) is 49.0 Å². The molecule has 7 heteroatoms. The molecule has 118 valence electrons. The number of rotatable bonds is 5. The topological polar surface area (TPSA) is 63.4 Å². The van der Waals surface area contributed by atoms with Crippen LogP contribution in [0.5, 0.6) is 0 Å². The van der Waals surface area contributed by atoms with Crippen LogP contribution in [0.1, 0.15) is 18.5 Å². The lowest BCUT2D eigenvalue weighted by atomic mass is 10.1. The molecule has 2 unspecified atom stereocenters. The highest BCUT2D eigenvalue weighted by atomic mass is 79.9. The Morgan fingerprint density at radius 1 is 1.48 bits per heavy atom. The monoisotopic (exact) mass is 392 g/mol. The number of sulfone groups is 1. The number of halogens is 1. The highest BCUT2D eigenvalue weighted by Crippen LogP contribution is 2.33. The first kappa shape index (κ1) is 17.3. The molecule has 0 spiro atoms. The van der Waals surface area contributed by atoms with Crippen molar-refractivity contribution < 1.29 is 8.42 Å². The van der Waals surface area contributed by atoms with Gasteiger partial charge in [0.1, 0.15) is 5.37 Å². The van der Waals surface area contributed by atoms with E-state index in [0.29, 0.717) is 12.3 Å². The largest absolute Gasteiger partial charge is 0.329 e. The number of nitrogens with two attached hydrogens (primary N) is 1. The minimum absolute atomic E-state index is 0.0761. The summed E-state index contributed by atoms with van der Waals surface area (Å²) in [6, 6.07) is 7.82. The van der Waals surface area contributed by atoms with Crippen molar-refractivity contribution in [1.82, 2.24) is 4.90 Å². The molecule has 2 N–H and O–H groups in total. The van der Waals surface area contributed by atoms with Gasteiger partial charge in [-0.2, -0.15) is 11.8 Å². The predicted molar refractivity (Wildman–Crippen MR) is 93.2 cm³/mol. The zero-order chi connectivity index (χ0) is 15.5. The molecular formula is C14H21BrN2O2S2. The van der Waals surface area contributed by atoms with E-state index in [1.807, 2.05) is 24.3 Å². The Labute approximate surface area is 139 Å². The Kier molecular flexibility index (Phi) is 6.14. The van der Waals surface area contributed by atoms with E-state index in [9.17, 15) is 8.42 Å². The second-order valence-corrected chi connectivity index (χ2v) is 9.44. The first-order valence-corrected chi connectivity index (χ1v) is 10.7. The van der Waals surface area contributed by atoms with Gasteiger partial charge < -0.3 is 5.73 Å². The van der Waals surface area contributed by atoms with E-state index in [4.69, 9.17) is 5.73 Å². The van der Waals surface area contributed by atoms with Crippen molar-refractivity contribution in [3.05, 3.63) is 34.3 Å². The van der Waals surface area contributed by atoms with Crippen LogP contribution >= 0.6 is 27.7 Å². The Morgan fingerprint density at radius 3 is 2.81 bits per heavy atom. The van der Waals surface area contributed by atoms with Gasteiger partial charge in [-0.05, 0) is 11.6 Å². The Morgan fingerprint density at radius 2 is 2.19 bits per heavy atom. The Bertz CT molecular complexity index is 580. The van der Waals surface area contributed by atoms with Crippen molar-refractivity contribution in [2.75, 3.05) is 30.3 Å². The molecule has 1 heterocycles. The second-order valence-electron chi connectivity index (χ2n) is 4.99. The van der Waals surface area contributed by atoms with Crippen LogP contribution in [0.2, 0.25) is 0 Å². The third-order valence-corrected chi connectivity index (χ3v) is 7.86. The Hall–Kier alpha value is -0.0800. The molecule has 0 amide bonds. The van der Waals surface area contributed by atoms with Crippen LogP contribution in [0.3, 0.4) is 0 Å². The van der Waals surface area contributed by atoms with E-state index in [2.05, 4.69) is 20.8 Å². The fraction of sp³-hybridized carbons (Fsp3) is 0.571. The lowest BCUT2D eigenvalue weighted by molar-refractivity contribution is 0.197. The quantitative estimate of drug-likeness (QED) is 0.832. The summed E-state index contributed by atoms with van der Waals surface area (Å²) in [5, 5.41) is -0.443. The number of benzene rings is 1. The molecule has 1 aliphatic rings. The van der Waals surface area contributed by atoms with E-state index in [1.54, 1.807) is 18.7 Å². The van der Waals surface area contributed by atoms with Gasteiger partial charge in [0.15, 0.2) is 9.84 Å². The maximum Gasteiger partial charge on any atom is 0.166 e. The third-order valence-electron chi connectivity index (χ3n) is 3.83. The van der Waals surface area contributed by atoms with Crippen LogP contribution in [-0.2, 0) is 9.84 Å². The van der Waals surface area contributed by atoms with Crippen LogP contribution in [0.25, 0.3) is 0 Å². The number of hydrogen-bond acceptors (Lipinski definition) is 5. The molecule has 1 aromatic carbocycles. The van der Waals surface area contributed by atoms with Crippen LogP contribution in [0, 0.1) is 0 Å². The molecule has 0 bridgehead atoms. The second kappa shape index (κ2) is 7.46. The van der Waals surface area contributed by atoms with E-state index in [-0.39, 0.29) is 11.8 Å². The maximum atomic E-state index is 12.4. The summed E-state index contributed by atoms with van der Waals surface area (Å²) in [7, 11) is -3.11. The van der Waals surface area contributed by atoms with Gasteiger partial charge in [0.05, 0.1) is 0 Å². The molecular weight excluding hydrogens is 372 g/mol. The smallest absolute Gasteiger partial charge is 0.166 e. The zero-order valence-corrected chi connectivity index (χ0v) is 15.3. The molecule has 0 aromatic heterocycles. The number of nitrogens with zero attached hydrogens (tertiary/aromatic N) is 1. The first-order valence-electron chi connectivity index (χ1n) is 7.00. The third kappa shape index (κ3) is 3.82. The molecule has 2 atom stereocenters. The highest BCUT2D eigenvalue weighted by molar-refractivity contribution is 9.10. The van der Waals surface area contributed by atoms with Crippen molar-refractivity contribution in [3.63, 3.8) is 0 Å². The number of thioether (sulfide) groups is 1. The fourth-order valence-electron chi connectivity index (χ4n) is 2.64. The minimum atomic E-state index is -3.11. The summed E-state index contributed by atoms with van der Waals surface area (Å²) in [5.41, 5.74) is 7.05. The summed E-state index contributed by atoms with van der Waals surface area (Å²) in [6.07, 6.45) is 0. The van der Waals surface area contributed by atoms with Crippen molar-refractivity contribution >= 4 is 37.5 Å². The van der Waals surface area contributed by atoms with E-state index >= 15 is 0 Å². The van der Waals surface area contributed by atoms with Gasteiger partial charge in [-0.25, -0.2) is 8.42 Å². The van der Waals surface area contributed by atoms with Crippen LogP contribution < -0.4 is 5.73 Å². The molecule has 1 aromatic rings. The Balaban J connectivity index is 2.37. The fourth-order valence-corrected chi connectivity index (χ4v) is 6.26. The minimum Gasteiger partial charge on any atom is -0.329 e. The van der Waals surface area contributed by atoms with E-state index in [0.717, 1.165) is 22.3 Å². The molecule has 1 saturated heterocycles. The molecule has 0 aliphatic carbocycles. The number of hydrogen-bond donors (Lipinski definition) is 1. The average Bonchev–Trinajstić information content (AvgIpc) is 2.50. The van der Waals surface area contributed by atoms with Crippen molar-refractivity contribution in [1.29, 1.82) is 0 Å². The van der Waals surface area contributed by atoms with Gasteiger partial charge in [0.25, 0.3) is 0 Å². The van der Waals surface area contributed by atoms with Gasteiger partial charge in [0.2, 0.25) is 0 Å². The van der Waals surface area contributed by atoms with Crippen molar-refractivity contribution in [2.24, 2.45) is 5.73 Å². The van der Waals surface area contributed by atoms with Gasteiger partial charge in [-0.1, -0.05) is 41.1 Å². The van der Waals surface area contributed by atoms with Gasteiger partial charge >= 0.3 is 0 Å². The molecule has 21 heavy (non-hydrogen) atoms. The lowest BCUT2D eigenvalue weighted by Crippen LogP contribution is -2.51. The summed E-state index contributed by atoms with van der Waals surface area (Å²) in [5.74, 6) is 1.73. The summed E-state index contributed by atoms with van der Waals surface area (Å²) < 4.78 is 25.8. The van der Waals surface area contributed by atoms with Crippen molar-refractivity contribution in [3.8, 4) is 0 Å². The molecule has 1 fully saturated rings. The normalized spacial score (nSPS) is 22.1. The lowest BCUT2D eigenvalue weighted by Gasteiger charge is -2.40. The zero-order valence-electron chi connectivity index (χ0n) is 12.0. The highest BCUT2D eigenvalue weighted by Gasteiger charge is 2.37. The van der Waals surface area contributed by atoms with Crippen molar-refractivity contribution in [2.45, 2.75) is 18.3 Å². The van der Waals surface area contributed by atoms with E-state index in [1.165, 1.54) is 0 Å². The van der Waals surface area contributed by atoms with Crippen LogP contribution in [0.15, 0.2) is 28.7 Å². The summed E-state index contributed by atoms with van der Waals surface area (Å²) in [6.45, 7) is 2.86. The summed E-state index contributed by atoms with van der Waals surface area (Å²) >= 11 is 5.26. The van der Waals surface area contributed by atoms with Gasteiger partial charge in [-0.3, -0.25) is 4.90 Å². The van der Waals surface area contributed by atoms with Crippen LogP contribution in [0.4, 0.5) is 0 Å². The molecule has 2 rings (SSSR count). The SMILES string of the molecule is CCS(=O)(=O)C1CSCCN1C(CN)c1ccccc1Br. The average molecular weight is 393 g/mol. The maximum absolute atomic E-state index is 12.4. The molecule has 4 nitrogen and oxygen atoms in total.